The number of nitrogens with zero attached hydrogens (tertiary/aromatic N) is 1. The number of aromatic nitrogens is 1. The molecule has 0 saturated carbocycles. The number of rotatable bonds is 4. The summed E-state index contributed by atoms with van der Waals surface area (Å²) in [7, 11) is 1.59. The molecule has 0 aliphatic rings. The predicted octanol–water partition coefficient (Wildman–Crippen LogP) is 2.12. The minimum absolute atomic E-state index is 0.382. The fraction of sp³-hybridized carbons (Fsp3) is 0.267. The lowest BCUT2D eigenvalue weighted by Gasteiger charge is -2.26. The van der Waals surface area contributed by atoms with E-state index >= 15 is 0 Å². The zero-order chi connectivity index (χ0) is 13.9. The van der Waals surface area contributed by atoms with Crippen LogP contribution in [0.2, 0.25) is 0 Å². The van der Waals surface area contributed by atoms with Crippen LogP contribution >= 0.6 is 0 Å². The maximum atomic E-state index is 10.7. The highest BCUT2D eigenvalue weighted by atomic mass is 16.5. The molecule has 0 amide bonds. The van der Waals surface area contributed by atoms with Crippen molar-refractivity contribution in [1.29, 1.82) is 0 Å². The van der Waals surface area contributed by atoms with Crippen molar-refractivity contribution in [2.75, 3.05) is 12.8 Å². The average molecular weight is 258 g/mol. The highest BCUT2D eigenvalue weighted by Gasteiger charge is 2.27. The van der Waals surface area contributed by atoms with Gasteiger partial charge < -0.3 is 15.6 Å². The summed E-state index contributed by atoms with van der Waals surface area (Å²) in [4.78, 5) is 4.03. The van der Waals surface area contributed by atoms with E-state index in [1.165, 1.54) is 0 Å². The van der Waals surface area contributed by atoms with E-state index in [1.54, 1.807) is 20.2 Å². The highest BCUT2D eigenvalue weighted by Crippen LogP contribution is 2.33. The Bertz CT molecular complexity index is 568. The van der Waals surface area contributed by atoms with Crippen LogP contribution in [0.1, 0.15) is 18.1 Å². The van der Waals surface area contributed by atoms with E-state index in [1.807, 2.05) is 36.4 Å². The number of ether oxygens (including phenoxy) is 1. The molecule has 3 N–H and O–H groups in total. The van der Waals surface area contributed by atoms with Crippen molar-refractivity contribution in [1.82, 2.24) is 4.98 Å². The third-order valence-corrected chi connectivity index (χ3v) is 3.15. The topological polar surface area (TPSA) is 68.4 Å². The molecule has 0 fully saturated rings. The standard InChI is InChI=1S/C15H18N2O2/c1-15(18,10-11-6-5-9-17-14(11)16)12-7-3-4-8-13(12)19-2/h3-9,18H,10H2,1-2H3,(H2,16,17). The van der Waals surface area contributed by atoms with Gasteiger partial charge in [0, 0.05) is 18.2 Å². The van der Waals surface area contributed by atoms with Crippen molar-refractivity contribution >= 4 is 5.82 Å². The van der Waals surface area contributed by atoms with Crippen molar-refractivity contribution in [3.63, 3.8) is 0 Å². The second-order valence-corrected chi connectivity index (χ2v) is 4.70. The first-order valence-electron chi connectivity index (χ1n) is 6.10. The molecule has 100 valence electrons. The zero-order valence-electron chi connectivity index (χ0n) is 11.1. The van der Waals surface area contributed by atoms with Crippen LogP contribution in [0, 0.1) is 0 Å². The predicted molar refractivity (Wildman–Crippen MR) is 74.9 cm³/mol. The molecule has 1 heterocycles. The number of para-hydroxylation sites is 1. The van der Waals surface area contributed by atoms with Crippen LogP contribution in [0.15, 0.2) is 42.6 Å². The molecule has 1 aromatic heterocycles. The number of nitrogen functional groups attached to an aromatic ring is 1. The fourth-order valence-electron chi connectivity index (χ4n) is 2.16. The molecule has 4 nitrogen and oxygen atoms in total. The van der Waals surface area contributed by atoms with Crippen LogP contribution in [0.5, 0.6) is 5.75 Å². The molecule has 0 radical (unpaired) electrons. The van der Waals surface area contributed by atoms with Gasteiger partial charge in [-0.1, -0.05) is 24.3 Å². The zero-order valence-corrected chi connectivity index (χ0v) is 11.1. The summed E-state index contributed by atoms with van der Waals surface area (Å²) in [5.41, 5.74) is 6.31. The normalized spacial score (nSPS) is 13.8. The summed E-state index contributed by atoms with van der Waals surface area (Å²) in [5, 5.41) is 10.7. The summed E-state index contributed by atoms with van der Waals surface area (Å²) in [6, 6.07) is 11.1. The van der Waals surface area contributed by atoms with Gasteiger partial charge in [0.15, 0.2) is 0 Å². The summed E-state index contributed by atoms with van der Waals surface area (Å²) in [6.45, 7) is 1.75. The van der Waals surface area contributed by atoms with E-state index < -0.39 is 5.60 Å². The second-order valence-electron chi connectivity index (χ2n) is 4.70. The molecule has 4 heteroatoms. The van der Waals surface area contributed by atoms with Gasteiger partial charge in [-0.3, -0.25) is 0 Å². The van der Waals surface area contributed by atoms with E-state index in [-0.39, 0.29) is 0 Å². The number of anilines is 1. The molecule has 0 bridgehead atoms. The number of hydrogen-bond acceptors (Lipinski definition) is 4. The molecule has 2 aromatic rings. The van der Waals surface area contributed by atoms with E-state index in [9.17, 15) is 5.11 Å². The quantitative estimate of drug-likeness (QED) is 0.881. The molecule has 1 aromatic carbocycles. The summed E-state index contributed by atoms with van der Waals surface area (Å²) >= 11 is 0. The minimum Gasteiger partial charge on any atom is -0.496 e. The van der Waals surface area contributed by atoms with E-state index in [4.69, 9.17) is 10.5 Å². The first kappa shape index (κ1) is 13.4. The maximum absolute atomic E-state index is 10.7. The Balaban J connectivity index is 2.35. The monoisotopic (exact) mass is 258 g/mol. The Labute approximate surface area is 112 Å². The fourth-order valence-corrected chi connectivity index (χ4v) is 2.16. The van der Waals surface area contributed by atoms with Gasteiger partial charge in [0.2, 0.25) is 0 Å². The molecular formula is C15H18N2O2. The Morgan fingerprint density at radius 2 is 2.00 bits per heavy atom. The molecule has 19 heavy (non-hydrogen) atoms. The van der Waals surface area contributed by atoms with Crippen LogP contribution < -0.4 is 10.5 Å². The van der Waals surface area contributed by atoms with E-state index in [2.05, 4.69) is 4.98 Å². The molecule has 0 aliphatic carbocycles. The number of benzene rings is 1. The van der Waals surface area contributed by atoms with Gasteiger partial charge in [-0.25, -0.2) is 4.98 Å². The van der Waals surface area contributed by atoms with Gasteiger partial charge in [0.1, 0.15) is 11.6 Å². The number of nitrogens with two attached hydrogens (primary N) is 1. The van der Waals surface area contributed by atoms with Crippen LogP contribution in [-0.4, -0.2) is 17.2 Å². The van der Waals surface area contributed by atoms with Gasteiger partial charge in [-0.2, -0.15) is 0 Å². The second kappa shape index (κ2) is 5.28. The Morgan fingerprint density at radius 1 is 1.26 bits per heavy atom. The van der Waals surface area contributed by atoms with Crippen molar-refractivity contribution in [3.05, 3.63) is 53.7 Å². The van der Waals surface area contributed by atoms with Gasteiger partial charge in [0.05, 0.1) is 12.7 Å². The lowest BCUT2D eigenvalue weighted by atomic mass is 9.88. The van der Waals surface area contributed by atoms with Crippen molar-refractivity contribution in [2.24, 2.45) is 0 Å². The van der Waals surface area contributed by atoms with Crippen LogP contribution in [0.4, 0.5) is 5.82 Å². The Kier molecular flexibility index (Phi) is 3.71. The molecule has 0 spiro atoms. The van der Waals surface area contributed by atoms with Crippen molar-refractivity contribution in [2.45, 2.75) is 18.9 Å². The summed E-state index contributed by atoms with van der Waals surface area (Å²) < 4.78 is 5.29. The summed E-state index contributed by atoms with van der Waals surface area (Å²) in [5.74, 6) is 1.10. The Hall–Kier alpha value is -2.07. The third-order valence-electron chi connectivity index (χ3n) is 3.15. The first-order valence-corrected chi connectivity index (χ1v) is 6.10. The SMILES string of the molecule is COc1ccccc1C(C)(O)Cc1cccnc1N. The van der Waals surface area contributed by atoms with Gasteiger partial charge in [-0.15, -0.1) is 0 Å². The van der Waals surface area contributed by atoms with E-state index in [0.717, 1.165) is 11.1 Å². The third kappa shape index (κ3) is 2.85. The lowest BCUT2D eigenvalue weighted by molar-refractivity contribution is 0.0550. The van der Waals surface area contributed by atoms with E-state index in [0.29, 0.717) is 18.0 Å². The van der Waals surface area contributed by atoms with Gasteiger partial charge >= 0.3 is 0 Å². The van der Waals surface area contributed by atoms with Gasteiger partial charge in [0.25, 0.3) is 0 Å². The number of aliphatic hydroxyl groups is 1. The minimum atomic E-state index is -1.07. The van der Waals surface area contributed by atoms with Crippen LogP contribution in [0.25, 0.3) is 0 Å². The molecule has 2 rings (SSSR count). The van der Waals surface area contributed by atoms with Gasteiger partial charge in [-0.05, 0) is 24.6 Å². The first-order chi connectivity index (χ1) is 9.04. The molecule has 0 saturated heterocycles. The van der Waals surface area contributed by atoms with Crippen LogP contribution in [0.3, 0.4) is 0 Å². The van der Waals surface area contributed by atoms with Crippen molar-refractivity contribution in [3.8, 4) is 5.75 Å². The average Bonchev–Trinajstić information content (AvgIpc) is 2.41. The molecule has 1 unspecified atom stereocenters. The lowest BCUT2D eigenvalue weighted by Crippen LogP contribution is -2.25. The largest absolute Gasteiger partial charge is 0.496 e. The number of pyridine rings is 1. The summed E-state index contributed by atoms with van der Waals surface area (Å²) in [6.07, 6.45) is 2.02. The number of hydrogen-bond donors (Lipinski definition) is 2. The smallest absolute Gasteiger partial charge is 0.126 e. The number of methoxy groups -OCH3 is 1. The molecule has 1 atom stereocenters. The molecular weight excluding hydrogens is 240 g/mol. The van der Waals surface area contributed by atoms with Crippen LogP contribution in [-0.2, 0) is 12.0 Å². The maximum Gasteiger partial charge on any atom is 0.126 e. The highest BCUT2D eigenvalue weighted by molar-refractivity contribution is 5.43. The van der Waals surface area contributed by atoms with Crippen molar-refractivity contribution < 1.29 is 9.84 Å². The molecule has 0 aliphatic heterocycles. The Morgan fingerprint density at radius 3 is 2.68 bits per heavy atom.